The van der Waals surface area contributed by atoms with Gasteiger partial charge in [0.25, 0.3) is 0 Å². The third-order valence-electron chi connectivity index (χ3n) is 2.64. The fourth-order valence-corrected chi connectivity index (χ4v) is 2.73. The number of aliphatic hydroxyl groups is 1. The summed E-state index contributed by atoms with van der Waals surface area (Å²) in [6.07, 6.45) is 0. The third kappa shape index (κ3) is 4.10. The Morgan fingerprint density at radius 1 is 1.25 bits per heavy atom. The molecule has 0 saturated carbocycles. The molecule has 1 N–H and O–H groups in total. The molecule has 4 nitrogen and oxygen atoms in total. The molecule has 1 aromatic heterocycles. The monoisotopic (exact) mass is 310 g/mol. The van der Waals surface area contributed by atoms with Crippen LogP contribution in [0.25, 0.3) is 11.4 Å². The highest BCUT2D eigenvalue weighted by Crippen LogP contribution is 2.19. The average molecular weight is 311 g/mol. The Labute approximate surface area is 125 Å². The largest absolute Gasteiger partial charge is 0.395 e. The maximum Gasteiger partial charge on any atom is 0.159 e. The third-order valence-corrected chi connectivity index (χ3v) is 4.15. The van der Waals surface area contributed by atoms with Gasteiger partial charge in [-0.2, -0.15) is 0 Å². The van der Waals surface area contributed by atoms with Crippen LogP contribution in [-0.4, -0.2) is 31.6 Å². The maximum atomic E-state index is 11.7. The second kappa shape index (κ2) is 6.92. The minimum absolute atomic E-state index is 0.0826. The van der Waals surface area contributed by atoms with Gasteiger partial charge in [0.05, 0.1) is 18.1 Å². The minimum atomic E-state index is -1.11. The van der Waals surface area contributed by atoms with E-state index in [9.17, 15) is 4.21 Å². The molecule has 2 aromatic rings. The zero-order valence-electron chi connectivity index (χ0n) is 11.0. The summed E-state index contributed by atoms with van der Waals surface area (Å²) >= 11 is 5.86. The van der Waals surface area contributed by atoms with Crippen LogP contribution < -0.4 is 0 Å². The van der Waals surface area contributed by atoms with Crippen molar-refractivity contribution in [2.24, 2.45) is 0 Å². The van der Waals surface area contributed by atoms with Crippen molar-refractivity contribution < 1.29 is 9.32 Å². The van der Waals surface area contributed by atoms with Crippen LogP contribution in [0.4, 0.5) is 0 Å². The smallest absolute Gasteiger partial charge is 0.159 e. The molecule has 0 aliphatic carbocycles. The van der Waals surface area contributed by atoms with E-state index in [0.717, 1.165) is 11.3 Å². The van der Waals surface area contributed by atoms with Gasteiger partial charge in [-0.25, -0.2) is 9.97 Å². The molecule has 0 aliphatic rings. The Kier molecular flexibility index (Phi) is 5.23. The van der Waals surface area contributed by atoms with E-state index in [1.165, 1.54) is 0 Å². The van der Waals surface area contributed by atoms with Gasteiger partial charge in [0.1, 0.15) is 0 Å². The quantitative estimate of drug-likeness (QED) is 0.921. The topological polar surface area (TPSA) is 63.1 Å². The summed E-state index contributed by atoms with van der Waals surface area (Å²) in [6, 6.07) is 9.09. The van der Waals surface area contributed by atoms with E-state index in [4.69, 9.17) is 16.7 Å². The van der Waals surface area contributed by atoms with Gasteiger partial charge in [-0.15, -0.1) is 0 Å². The molecular weight excluding hydrogens is 296 g/mol. The van der Waals surface area contributed by atoms with Crippen LogP contribution in [0.1, 0.15) is 11.4 Å². The molecule has 0 fully saturated rings. The fourth-order valence-electron chi connectivity index (χ4n) is 1.77. The van der Waals surface area contributed by atoms with E-state index in [1.807, 2.05) is 25.1 Å². The van der Waals surface area contributed by atoms with Gasteiger partial charge in [-0.05, 0) is 37.3 Å². The zero-order chi connectivity index (χ0) is 14.5. The molecule has 0 aliphatic heterocycles. The SMILES string of the molecule is Cc1cc(C[S@](=O)CCO)nc(-c2ccc(Cl)cc2)n1. The number of hydrogen-bond acceptors (Lipinski definition) is 4. The van der Waals surface area contributed by atoms with E-state index in [0.29, 0.717) is 22.3 Å². The van der Waals surface area contributed by atoms with Crippen molar-refractivity contribution in [2.45, 2.75) is 12.7 Å². The van der Waals surface area contributed by atoms with E-state index < -0.39 is 10.8 Å². The Bertz CT molecular complexity index is 617. The number of aliphatic hydroxyl groups excluding tert-OH is 1. The fraction of sp³-hybridized carbons (Fsp3) is 0.286. The van der Waals surface area contributed by atoms with Crippen molar-refractivity contribution >= 4 is 22.4 Å². The summed E-state index contributed by atoms with van der Waals surface area (Å²) in [5, 5.41) is 9.45. The molecule has 20 heavy (non-hydrogen) atoms. The summed E-state index contributed by atoms with van der Waals surface area (Å²) in [4.78, 5) is 8.81. The summed E-state index contributed by atoms with van der Waals surface area (Å²) in [6.45, 7) is 1.79. The van der Waals surface area contributed by atoms with Crippen LogP contribution >= 0.6 is 11.6 Å². The summed E-state index contributed by atoms with van der Waals surface area (Å²) < 4.78 is 11.7. The van der Waals surface area contributed by atoms with Crippen molar-refractivity contribution in [3.63, 3.8) is 0 Å². The normalized spacial score (nSPS) is 12.3. The molecule has 0 radical (unpaired) electrons. The van der Waals surface area contributed by atoms with Crippen LogP contribution in [0.15, 0.2) is 30.3 Å². The molecule has 2 rings (SSSR count). The number of aryl methyl sites for hydroxylation is 1. The first-order valence-electron chi connectivity index (χ1n) is 6.15. The number of benzene rings is 1. The van der Waals surface area contributed by atoms with Gasteiger partial charge in [-0.1, -0.05) is 11.6 Å². The molecule has 0 amide bonds. The van der Waals surface area contributed by atoms with Gasteiger partial charge in [0, 0.05) is 32.8 Å². The number of hydrogen-bond donors (Lipinski definition) is 1. The van der Waals surface area contributed by atoms with Crippen LogP contribution in [0, 0.1) is 6.92 Å². The highest BCUT2D eigenvalue weighted by atomic mass is 35.5. The lowest BCUT2D eigenvalue weighted by Gasteiger charge is -2.06. The van der Waals surface area contributed by atoms with Gasteiger partial charge in [0.15, 0.2) is 5.82 Å². The van der Waals surface area contributed by atoms with Crippen LogP contribution in [-0.2, 0) is 16.6 Å². The highest BCUT2D eigenvalue weighted by Gasteiger charge is 2.08. The van der Waals surface area contributed by atoms with Crippen molar-refractivity contribution in [1.29, 1.82) is 0 Å². The van der Waals surface area contributed by atoms with E-state index in [2.05, 4.69) is 9.97 Å². The molecule has 0 unspecified atom stereocenters. The summed E-state index contributed by atoms with van der Waals surface area (Å²) in [5.41, 5.74) is 2.41. The Balaban J connectivity index is 2.28. The molecule has 1 atom stereocenters. The second-order valence-corrected chi connectivity index (χ2v) is 6.36. The first-order chi connectivity index (χ1) is 9.58. The molecule has 6 heteroatoms. The van der Waals surface area contributed by atoms with Crippen molar-refractivity contribution in [2.75, 3.05) is 12.4 Å². The lowest BCUT2D eigenvalue weighted by Crippen LogP contribution is -2.07. The first-order valence-corrected chi connectivity index (χ1v) is 8.01. The first kappa shape index (κ1) is 15.1. The van der Waals surface area contributed by atoms with E-state index in [-0.39, 0.29) is 12.4 Å². The standard InChI is InChI=1S/C14H15ClN2O2S/c1-10-8-13(9-20(19)7-6-18)17-14(16-10)11-2-4-12(15)5-3-11/h2-5,8,18H,6-7,9H2,1H3/t20-/m1/s1. The van der Waals surface area contributed by atoms with Crippen molar-refractivity contribution in [3.05, 3.63) is 46.7 Å². The van der Waals surface area contributed by atoms with Crippen LogP contribution in [0.5, 0.6) is 0 Å². The average Bonchev–Trinajstić information content (AvgIpc) is 2.39. The Morgan fingerprint density at radius 3 is 2.60 bits per heavy atom. The van der Waals surface area contributed by atoms with Crippen molar-refractivity contribution in [1.82, 2.24) is 9.97 Å². The predicted molar refractivity (Wildman–Crippen MR) is 81.0 cm³/mol. The molecular formula is C14H15ClN2O2S. The molecule has 0 bridgehead atoms. The zero-order valence-corrected chi connectivity index (χ0v) is 12.6. The lowest BCUT2D eigenvalue weighted by molar-refractivity contribution is 0.321. The number of aromatic nitrogens is 2. The van der Waals surface area contributed by atoms with Gasteiger partial charge >= 0.3 is 0 Å². The van der Waals surface area contributed by atoms with Crippen LogP contribution in [0.3, 0.4) is 0 Å². The molecule has 106 valence electrons. The van der Waals surface area contributed by atoms with E-state index in [1.54, 1.807) is 12.1 Å². The van der Waals surface area contributed by atoms with Gasteiger partial charge < -0.3 is 5.11 Å². The second-order valence-electron chi connectivity index (χ2n) is 4.34. The summed E-state index contributed by atoms with van der Waals surface area (Å²) in [5.74, 6) is 1.18. The Morgan fingerprint density at radius 2 is 1.95 bits per heavy atom. The maximum absolute atomic E-state index is 11.7. The van der Waals surface area contributed by atoms with Crippen molar-refractivity contribution in [3.8, 4) is 11.4 Å². The number of halogens is 1. The highest BCUT2D eigenvalue weighted by molar-refractivity contribution is 7.84. The molecule has 0 saturated heterocycles. The van der Waals surface area contributed by atoms with Gasteiger partial charge in [-0.3, -0.25) is 4.21 Å². The predicted octanol–water partition coefficient (Wildman–Crippen LogP) is 2.35. The summed E-state index contributed by atoms with van der Waals surface area (Å²) in [7, 11) is -1.11. The molecule has 0 spiro atoms. The lowest BCUT2D eigenvalue weighted by atomic mass is 10.2. The number of nitrogens with zero attached hydrogens (tertiary/aromatic N) is 2. The number of rotatable bonds is 5. The van der Waals surface area contributed by atoms with Gasteiger partial charge in [0.2, 0.25) is 0 Å². The van der Waals surface area contributed by atoms with Crippen LogP contribution in [0.2, 0.25) is 5.02 Å². The Hall–Kier alpha value is -1.30. The minimum Gasteiger partial charge on any atom is -0.395 e. The molecule has 1 aromatic carbocycles. The van der Waals surface area contributed by atoms with E-state index >= 15 is 0 Å². The molecule has 1 heterocycles.